The van der Waals surface area contributed by atoms with E-state index in [0.717, 1.165) is 12.8 Å². The molecular weight excluding hydrogens is 192 g/mol. The number of hydrogen-bond acceptors (Lipinski definition) is 4. The summed E-state index contributed by atoms with van der Waals surface area (Å²) in [6.45, 7) is 3.63. The Kier molecular flexibility index (Phi) is 4.77. The van der Waals surface area contributed by atoms with Crippen molar-refractivity contribution in [1.82, 2.24) is 10.2 Å². The SMILES string of the molecule is C=CCCCC(O)c1ccc(OC)nn1. The van der Waals surface area contributed by atoms with E-state index >= 15 is 0 Å². The number of aliphatic hydroxyl groups excluding tert-OH is 1. The van der Waals surface area contributed by atoms with Crippen molar-refractivity contribution in [2.75, 3.05) is 7.11 Å². The van der Waals surface area contributed by atoms with Crippen molar-refractivity contribution >= 4 is 0 Å². The maximum Gasteiger partial charge on any atom is 0.233 e. The van der Waals surface area contributed by atoms with Gasteiger partial charge in [0, 0.05) is 6.07 Å². The molecule has 1 rings (SSSR count). The average Bonchev–Trinajstić information content (AvgIpc) is 2.29. The molecule has 1 unspecified atom stereocenters. The number of unbranched alkanes of at least 4 members (excludes halogenated alkanes) is 1. The van der Waals surface area contributed by atoms with Crippen molar-refractivity contribution in [3.63, 3.8) is 0 Å². The van der Waals surface area contributed by atoms with Crippen molar-refractivity contribution in [3.8, 4) is 5.88 Å². The molecule has 15 heavy (non-hydrogen) atoms. The van der Waals surface area contributed by atoms with Crippen molar-refractivity contribution in [2.45, 2.75) is 25.4 Å². The van der Waals surface area contributed by atoms with Gasteiger partial charge in [0.05, 0.1) is 18.9 Å². The predicted octanol–water partition coefficient (Wildman–Crippen LogP) is 1.87. The summed E-state index contributed by atoms with van der Waals surface area (Å²) < 4.78 is 4.88. The minimum absolute atomic E-state index is 0.456. The Morgan fingerprint density at radius 1 is 1.53 bits per heavy atom. The van der Waals surface area contributed by atoms with Gasteiger partial charge in [-0.2, -0.15) is 0 Å². The number of aromatic nitrogens is 2. The molecule has 4 nitrogen and oxygen atoms in total. The lowest BCUT2D eigenvalue weighted by molar-refractivity contribution is 0.159. The van der Waals surface area contributed by atoms with E-state index in [9.17, 15) is 5.11 Å². The van der Waals surface area contributed by atoms with Crippen LogP contribution in [0.5, 0.6) is 5.88 Å². The number of ether oxygens (including phenoxy) is 1. The molecule has 1 atom stereocenters. The van der Waals surface area contributed by atoms with Gasteiger partial charge in [-0.15, -0.1) is 16.8 Å². The number of methoxy groups -OCH3 is 1. The molecule has 0 aromatic carbocycles. The molecule has 0 aliphatic rings. The summed E-state index contributed by atoms with van der Waals surface area (Å²) in [6, 6.07) is 3.42. The minimum Gasteiger partial charge on any atom is -0.480 e. The van der Waals surface area contributed by atoms with E-state index in [0.29, 0.717) is 18.0 Å². The molecule has 0 spiro atoms. The van der Waals surface area contributed by atoms with Crippen LogP contribution in [0.25, 0.3) is 0 Å². The van der Waals surface area contributed by atoms with Crippen LogP contribution in [-0.2, 0) is 0 Å². The van der Waals surface area contributed by atoms with Crippen LogP contribution in [0.15, 0.2) is 24.8 Å². The summed E-state index contributed by atoms with van der Waals surface area (Å²) in [4.78, 5) is 0. The average molecular weight is 208 g/mol. The van der Waals surface area contributed by atoms with E-state index in [1.54, 1.807) is 12.1 Å². The Balaban J connectivity index is 2.50. The molecule has 0 aliphatic carbocycles. The van der Waals surface area contributed by atoms with Crippen LogP contribution < -0.4 is 4.74 Å². The van der Waals surface area contributed by atoms with Crippen molar-refractivity contribution in [1.29, 1.82) is 0 Å². The van der Waals surface area contributed by atoms with Gasteiger partial charge in [0.1, 0.15) is 0 Å². The van der Waals surface area contributed by atoms with Crippen LogP contribution >= 0.6 is 0 Å². The molecule has 1 aromatic heterocycles. The Morgan fingerprint density at radius 2 is 2.33 bits per heavy atom. The summed E-state index contributed by atoms with van der Waals surface area (Å²) in [5.41, 5.74) is 0.583. The molecular formula is C11H16N2O2. The second kappa shape index (κ2) is 6.14. The Bertz CT molecular complexity index is 298. The largest absolute Gasteiger partial charge is 0.480 e. The van der Waals surface area contributed by atoms with Crippen LogP contribution in [0.3, 0.4) is 0 Å². The van der Waals surface area contributed by atoms with Crippen LogP contribution in [-0.4, -0.2) is 22.4 Å². The van der Waals surface area contributed by atoms with Crippen LogP contribution in [0.2, 0.25) is 0 Å². The van der Waals surface area contributed by atoms with Gasteiger partial charge in [0.2, 0.25) is 5.88 Å². The highest BCUT2D eigenvalue weighted by Gasteiger charge is 2.08. The lowest BCUT2D eigenvalue weighted by Gasteiger charge is -2.08. The molecule has 0 amide bonds. The summed E-state index contributed by atoms with van der Waals surface area (Å²) in [6.07, 6.45) is 3.77. The molecule has 1 aromatic rings. The van der Waals surface area contributed by atoms with E-state index in [-0.39, 0.29) is 0 Å². The molecule has 1 heterocycles. The lowest BCUT2D eigenvalue weighted by Crippen LogP contribution is -2.02. The first-order valence-corrected chi connectivity index (χ1v) is 4.94. The Morgan fingerprint density at radius 3 is 2.87 bits per heavy atom. The highest BCUT2D eigenvalue weighted by atomic mass is 16.5. The van der Waals surface area contributed by atoms with Crippen LogP contribution in [0.1, 0.15) is 31.1 Å². The molecule has 0 fully saturated rings. The predicted molar refractivity (Wildman–Crippen MR) is 57.6 cm³/mol. The fourth-order valence-electron chi connectivity index (χ4n) is 1.22. The number of aliphatic hydroxyl groups is 1. The zero-order chi connectivity index (χ0) is 11.1. The van der Waals surface area contributed by atoms with Gasteiger partial charge in [-0.05, 0) is 25.3 Å². The third-order valence-corrected chi connectivity index (χ3v) is 2.10. The first-order valence-electron chi connectivity index (χ1n) is 4.94. The van der Waals surface area contributed by atoms with Gasteiger partial charge in [-0.3, -0.25) is 0 Å². The second-order valence-electron chi connectivity index (χ2n) is 3.24. The van der Waals surface area contributed by atoms with Gasteiger partial charge >= 0.3 is 0 Å². The number of hydrogen-bond donors (Lipinski definition) is 1. The maximum atomic E-state index is 9.73. The molecule has 0 saturated heterocycles. The maximum absolute atomic E-state index is 9.73. The first kappa shape index (κ1) is 11.7. The summed E-state index contributed by atoms with van der Waals surface area (Å²) >= 11 is 0. The third kappa shape index (κ3) is 3.67. The first-order chi connectivity index (χ1) is 7.27. The summed E-state index contributed by atoms with van der Waals surface area (Å²) in [5.74, 6) is 0.456. The highest BCUT2D eigenvalue weighted by molar-refractivity contribution is 5.12. The smallest absolute Gasteiger partial charge is 0.233 e. The fraction of sp³-hybridized carbons (Fsp3) is 0.455. The molecule has 82 valence electrons. The second-order valence-corrected chi connectivity index (χ2v) is 3.24. The molecule has 1 N–H and O–H groups in total. The van der Waals surface area contributed by atoms with Gasteiger partial charge in [-0.1, -0.05) is 6.08 Å². The van der Waals surface area contributed by atoms with Gasteiger partial charge < -0.3 is 9.84 Å². The third-order valence-electron chi connectivity index (χ3n) is 2.10. The van der Waals surface area contributed by atoms with E-state index < -0.39 is 6.10 Å². The monoisotopic (exact) mass is 208 g/mol. The molecule has 0 saturated carbocycles. The summed E-state index contributed by atoms with van der Waals surface area (Å²) in [7, 11) is 1.53. The lowest BCUT2D eigenvalue weighted by atomic mass is 10.1. The Hall–Kier alpha value is -1.42. The molecule has 0 radical (unpaired) electrons. The van der Waals surface area contributed by atoms with E-state index in [1.807, 2.05) is 6.08 Å². The summed E-state index contributed by atoms with van der Waals surface area (Å²) in [5, 5.41) is 17.4. The topological polar surface area (TPSA) is 55.2 Å². The Labute approximate surface area is 89.6 Å². The van der Waals surface area contributed by atoms with Crippen molar-refractivity contribution in [3.05, 3.63) is 30.5 Å². The number of allylic oxidation sites excluding steroid dienone is 1. The quantitative estimate of drug-likeness (QED) is 0.572. The van der Waals surface area contributed by atoms with E-state index in [2.05, 4.69) is 16.8 Å². The van der Waals surface area contributed by atoms with Gasteiger partial charge in [0.25, 0.3) is 0 Å². The number of rotatable bonds is 6. The van der Waals surface area contributed by atoms with Crippen LogP contribution in [0.4, 0.5) is 0 Å². The standard InChI is InChI=1S/C11H16N2O2/c1-3-4-5-6-10(14)9-7-8-11(15-2)13-12-9/h3,7-8,10,14H,1,4-6H2,2H3. The fourth-order valence-corrected chi connectivity index (χ4v) is 1.22. The molecule has 0 bridgehead atoms. The zero-order valence-electron chi connectivity index (χ0n) is 8.89. The van der Waals surface area contributed by atoms with Gasteiger partial charge in [-0.25, -0.2) is 0 Å². The molecule has 4 heteroatoms. The van der Waals surface area contributed by atoms with Crippen molar-refractivity contribution < 1.29 is 9.84 Å². The molecule has 0 aliphatic heterocycles. The van der Waals surface area contributed by atoms with E-state index in [1.165, 1.54) is 7.11 Å². The highest BCUT2D eigenvalue weighted by Crippen LogP contribution is 2.17. The normalized spacial score (nSPS) is 12.1. The van der Waals surface area contributed by atoms with Gasteiger partial charge in [0.15, 0.2) is 0 Å². The van der Waals surface area contributed by atoms with E-state index in [4.69, 9.17) is 4.74 Å². The van der Waals surface area contributed by atoms with Crippen LogP contribution in [0, 0.1) is 0 Å². The van der Waals surface area contributed by atoms with Crippen molar-refractivity contribution in [2.24, 2.45) is 0 Å². The zero-order valence-corrected chi connectivity index (χ0v) is 8.89. The minimum atomic E-state index is -0.552. The number of nitrogens with zero attached hydrogens (tertiary/aromatic N) is 2.